The number of aromatic nitrogens is 2. The highest BCUT2D eigenvalue weighted by molar-refractivity contribution is 5.92. The quantitative estimate of drug-likeness (QED) is 0.127. The molecule has 10 heteroatoms. The number of nitro benzene ring substituents is 1. The van der Waals surface area contributed by atoms with E-state index in [-0.39, 0.29) is 18.1 Å². The lowest BCUT2D eigenvalue weighted by Crippen LogP contribution is -2.16. The number of H-pyrrole nitrogens is 1. The molecule has 1 atom stereocenters. The molecule has 9 nitrogen and oxygen atoms in total. The van der Waals surface area contributed by atoms with Gasteiger partial charge in [0, 0.05) is 36.4 Å². The zero-order chi connectivity index (χ0) is 25.2. The minimum atomic E-state index is -0.438. The van der Waals surface area contributed by atoms with Gasteiger partial charge in [-0.2, -0.15) is 0 Å². The summed E-state index contributed by atoms with van der Waals surface area (Å²) in [6.07, 6.45) is 5.76. The van der Waals surface area contributed by atoms with Gasteiger partial charge in [0.25, 0.3) is 5.69 Å². The number of aromatic amines is 1. The summed E-state index contributed by atoms with van der Waals surface area (Å²) >= 11 is 0. The molecule has 0 aliphatic rings. The van der Waals surface area contributed by atoms with E-state index in [1.165, 1.54) is 12.1 Å². The molecule has 0 saturated carbocycles. The van der Waals surface area contributed by atoms with Crippen LogP contribution in [0.5, 0.6) is 5.75 Å². The summed E-state index contributed by atoms with van der Waals surface area (Å²) in [5, 5.41) is 10.9. The van der Waals surface area contributed by atoms with Crippen molar-refractivity contribution in [1.82, 2.24) is 9.97 Å². The molecule has 0 radical (unpaired) electrons. The van der Waals surface area contributed by atoms with E-state index in [0.29, 0.717) is 42.5 Å². The first-order chi connectivity index (χ1) is 16.9. The Morgan fingerprint density at radius 3 is 2.47 bits per heavy atom. The molecule has 1 heterocycles. The molecule has 194 valence electrons. The predicted molar refractivity (Wildman–Crippen MR) is 141 cm³/mol. The van der Waals surface area contributed by atoms with E-state index in [2.05, 4.69) is 16.9 Å². The van der Waals surface area contributed by atoms with Crippen LogP contribution in [0.15, 0.2) is 48.7 Å². The third-order valence-electron chi connectivity index (χ3n) is 5.56. The molecule has 3 rings (SSSR count). The number of hydrogen-bond donors (Lipinski definition) is 2. The van der Waals surface area contributed by atoms with E-state index in [1.807, 2.05) is 13.0 Å². The van der Waals surface area contributed by atoms with Gasteiger partial charge in [-0.1, -0.05) is 32.8 Å². The number of unbranched alkanes of at least 4 members (excludes halogenated alkanes) is 2. The van der Waals surface area contributed by atoms with Gasteiger partial charge in [-0.05, 0) is 42.7 Å². The number of carbonyl (C=O) groups excluding carboxylic acids is 1. The molecule has 1 aromatic heterocycles. The number of halogens is 1. The molecule has 1 unspecified atom stereocenters. The molecule has 0 fully saturated rings. The Hall–Kier alpha value is -3.43. The van der Waals surface area contributed by atoms with Crippen LogP contribution in [-0.4, -0.2) is 34.1 Å². The first-order valence-corrected chi connectivity index (χ1v) is 11.9. The van der Waals surface area contributed by atoms with Crippen LogP contribution in [0.3, 0.4) is 0 Å². The maximum Gasteiger partial charge on any atom is 0.341 e. The number of non-ortho nitro benzene ring substituents is 1. The van der Waals surface area contributed by atoms with Crippen LogP contribution < -0.4 is 10.5 Å². The van der Waals surface area contributed by atoms with Crippen LogP contribution in [0.4, 0.5) is 5.69 Å². The number of benzene rings is 2. The molecule has 0 bridgehead atoms. The van der Waals surface area contributed by atoms with Crippen molar-refractivity contribution in [2.24, 2.45) is 5.73 Å². The molecular weight excluding hydrogens is 484 g/mol. The van der Waals surface area contributed by atoms with Gasteiger partial charge in [-0.15, -0.1) is 12.4 Å². The van der Waals surface area contributed by atoms with Gasteiger partial charge in [-0.25, -0.2) is 9.78 Å². The minimum absolute atomic E-state index is 0. The van der Waals surface area contributed by atoms with E-state index in [9.17, 15) is 14.9 Å². The number of nitrogens with two attached hydrogens (primary N) is 1. The highest BCUT2D eigenvalue weighted by Crippen LogP contribution is 2.26. The van der Waals surface area contributed by atoms with Crippen molar-refractivity contribution in [1.29, 1.82) is 0 Å². The maximum atomic E-state index is 12.7. The monoisotopic (exact) mass is 516 g/mol. The van der Waals surface area contributed by atoms with Crippen LogP contribution in [0.2, 0.25) is 0 Å². The topological polar surface area (TPSA) is 133 Å². The summed E-state index contributed by atoms with van der Waals surface area (Å²) in [4.78, 5) is 30.8. The largest absolute Gasteiger partial charge is 0.493 e. The molecule has 0 aliphatic heterocycles. The minimum Gasteiger partial charge on any atom is -0.493 e. The van der Waals surface area contributed by atoms with E-state index in [1.54, 1.807) is 30.5 Å². The lowest BCUT2D eigenvalue weighted by molar-refractivity contribution is -0.384. The summed E-state index contributed by atoms with van der Waals surface area (Å²) in [7, 11) is 0. The normalized spacial score (nSPS) is 11.4. The Bertz CT molecular complexity index is 1130. The lowest BCUT2D eigenvalue weighted by atomic mass is 10.0. The Balaban J connectivity index is 0.00000456. The molecule has 0 aliphatic carbocycles. The number of esters is 1. The fourth-order valence-corrected chi connectivity index (χ4v) is 3.47. The van der Waals surface area contributed by atoms with Gasteiger partial charge < -0.3 is 20.2 Å². The zero-order valence-electron chi connectivity index (χ0n) is 20.6. The summed E-state index contributed by atoms with van der Waals surface area (Å²) in [5.41, 5.74) is 9.06. The van der Waals surface area contributed by atoms with Gasteiger partial charge in [-0.3, -0.25) is 10.1 Å². The van der Waals surface area contributed by atoms with Gasteiger partial charge in [0.1, 0.15) is 17.1 Å². The fraction of sp³-hybridized carbons (Fsp3) is 0.385. The second kappa shape index (κ2) is 14.2. The summed E-state index contributed by atoms with van der Waals surface area (Å²) in [6, 6.07) is 11.2. The summed E-state index contributed by atoms with van der Waals surface area (Å²) in [5.74, 6) is 0.744. The molecule has 36 heavy (non-hydrogen) atoms. The Kier molecular flexibility index (Phi) is 11.4. The third kappa shape index (κ3) is 7.79. The first kappa shape index (κ1) is 28.8. The standard InChI is InChI=1S/C26H32N4O5.ClH/c1-3-5-13-34-24-12-9-19(15-21(24)26(31)35-14-6-4-2)22(27)16-25-28-17-23(29-25)18-7-10-20(11-8-18)30(32)33;/h7-12,15,17,22H,3-6,13-14,16,27H2,1-2H3,(H,28,29);1H. The van der Waals surface area contributed by atoms with Gasteiger partial charge in [0.2, 0.25) is 0 Å². The predicted octanol–water partition coefficient (Wildman–Crippen LogP) is 5.79. The molecular formula is C26H33ClN4O5. The zero-order valence-corrected chi connectivity index (χ0v) is 21.4. The lowest BCUT2D eigenvalue weighted by Gasteiger charge is -2.16. The number of ether oxygens (including phenoxy) is 2. The summed E-state index contributed by atoms with van der Waals surface area (Å²) < 4.78 is 11.3. The first-order valence-electron chi connectivity index (χ1n) is 11.9. The van der Waals surface area contributed by atoms with Crippen LogP contribution in [0.25, 0.3) is 11.3 Å². The molecule has 0 saturated heterocycles. The fourth-order valence-electron chi connectivity index (χ4n) is 3.47. The number of nitrogens with zero attached hydrogens (tertiary/aromatic N) is 2. The Labute approximate surface area is 217 Å². The maximum absolute atomic E-state index is 12.7. The van der Waals surface area contributed by atoms with Gasteiger partial charge in [0.05, 0.1) is 23.8 Å². The number of nitrogens with one attached hydrogen (secondary N) is 1. The van der Waals surface area contributed by atoms with Crippen LogP contribution in [-0.2, 0) is 11.2 Å². The van der Waals surface area contributed by atoms with E-state index in [4.69, 9.17) is 15.2 Å². The Morgan fingerprint density at radius 1 is 1.11 bits per heavy atom. The van der Waals surface area contributed by atoms with Crippen molar-refractivity contribution in [3.63, 3.8) is 0 Å². The van der Waals surface area contributed by atoms with E-state index < -0.39 is 16.9 Å². The smallest absolute Gasteiger partial charge is 0.341 e. The molecule has 0 amide bonds. The number of imidazole rings is 1. The van der Waals surface area contributed by atoms with Crippen molar-refractivity contribution in [3.05, 3.63) is 75.7 Å². The molecule has 0 spiro atoms. The summed E-state index contributed by atoms with van der Waals surface area (Å²) in [6.45, 7) is 4.99. The molecule has 3 aromatic rings. The number of hydrogen-bond acceptors (Lipinski definition) is 7. The number of rotatable bonds is 13. The van der Waals surface area contributed by atoms with Crippen molar-refractivity contribution in [2.45, 2.75) is 52.0 Å². The van der Waals surface area contributed by atoms with Crippen LogP contribution >= 0.6 is 12.4 Å². The van der Waals surface area contributed by atoms with Crippen molar-refractivity contribution in [2.75, 3.05) is 13.2 Å². The number of nitro groups is 1. The van der Waals surface area contributed by atoms with Crippen LogP contribution in [0, 0.1) is 10.1 Å². The molecule has 3 N–H and O–H groups in total. The van der Waals surface area contributed by atoms with E-state index >= 15 is 0 Å². The highest BCUT2D eigenvalue weighted by Gasteiger charge is 2.19. The van der Waals surface area contributed by atoms with Gasteiger partial charge in [0.15, 0.2) is 0 Å². The van der Waals surface area contributed by atoms with Crippen molar-refractivity contribution in [3.8, 4) is 17.0 Å². The van der Waals surface area contributed by atoms with Crippen molar-refractivity contribution >= 4 is 24.1 Å². The second-order valence-electron chi connectivity index (χ2n) is 8.29. The number of carbonyl (C=O) groups is 1. The van der Waals surface area contributed by atoms with Crippen LogP contribution in [0.1, 0.15) is 67.3 Å². The average Bonchev–Trinajstić information content (AvgIpc) is 3.32. The van der Waals surface area contributed by atoms with Crippen molar-refractivity contribution < 1.29 is 19.2 Å². The Morgan fingerprint density at radius 2 is 1.81 bits per heavy atom. The average molecular weight is 517 g/mol. The second-order valence-corrected chi connectivity index (χ2v) is 8.29. The van der Waals surface area contributed by atoms with Gasteiger partial charge >= 0.3 is 5.97 Å². The van der Waals surface area contributed by atoms with E-state index in [0.717, 1.165) is 36.8 Å². The highest BCUT2D eigenvalue weighted by atomic mass is 35.5. The molecule has 2 aromatic carbocycles. The third-order valence-corrected chi connectivity index (χ3v) is 5.56. The SMILES string of the molecule is CCCCOC(=O)c1cc(C(N)Cc2nc(-c3ccc([N+](=O)[O-])cc3)c[nH]2)ccc1OCCCC.Cl.